The van der Waals surface area contributed by atoms with Gasteiger partial charge in [-0.05, 0) is 5.56 Å². The minimum atomic E-state index is -0.412. The summed E-state index contributed by atoms with van der Waals surface area (Å²) >= 11 is 0. The van der Waals surface area contributed by atoms with E-state index in [4.69, 9.17) is 0 Å². The lowest BCUT2D eigenvalue weighted by Crippen LogP contribution is -2.25. The molecule has 22 heavy (non-hydrogen) atoms. The molecule has 122 valence electrons. The van der Waals surface area contributed by atoms with Crippen LogP contribution in [0, 0.1) is 0 Å². The summed E-state index contributed by atoms with van der Waals surface area (Å²) in [7, 11) is 6.16. The zero-order valence-electron chi connectivity index (χ0n) is 13.6. The lowest BCUT2D eigenvalue weighted by molar-refractivity contribution is -0.143. The summed E-state index contributed by atoms with van der Waals surface area (Å²) in [6.45, 7) is 3.64. The quantitative estimate of drug-likeness (QED) is 0.607. The highest BCUT2D eigenvalue weighted by atomic mass is 16.5. The number of hydrogen-bond acceptors (Lipinski definition) is 4. The molecule has 0 atom stereocenters. The number of nitrogens with zero attached hydrogens (tertiary/aromatic N) is 2. The van der Waals surface area contributed by atoms with Crippen LogP contribution in [0.15, 0.2) is 36.9 Å². The first-order valence-electron chi connectivity index (χ1n) is 6.42. The maximum atomic E-state index is 10.4. The van der Waals surface area contributed by atoms with E-state index in [1.807, 2.05) is 36.4 Å². The SMILES string of the molecule is C=Cc1ccccc1.CN(C)C=O.COC(=O)CN(C)C=O. The Balaban J connectivity index is 0. The molecule has 0 spiro atoms. The molecule has 1 aromatic carbocycles. The van der Waals surface area contributed by atoms with Gasteiger partial charge in [0.15, 0.2) is 0 Å². The van der Waals surface area contributed by atoms with E-state index in [9.17, 15) is 14.4 Å². The molecule has 0 heterocycles. The summed E-state index contributed by atoms with van der Waals surface area (Å²) in [6.07, 6.45) is 3.15. The number of likely N-dealkylation sites (N-methyl/N-ethyl adjacent to an activating group) is 1. The van der Waals surface area contributed by atoms with Gasteiger partial charge >= 0.3 is 5.97 Å². The first-order chi connectivity index (χ1) is 10.4. The Hall–Kier alpha value is -2.63. The van der Waals surface area contributed by atoms with Crippen molar-refractivity contribution in [3.63, 3.8) is 0 Å². The van der Waals surface area contributed by atoms with Gasteiger partial charge in [0.1, 0.15) is 6.54 Å². The predicted octanol–water partition coefficient (Wildman–Crippen LogP) is 1.28. The largest absolute Gasteiger partial charge is 0.468 e. The van der Waals surface area contributed by atoms with Gasteiger partial charge in [0.2, 0.25) is 12.8 Å². The summed E-state index contributed by atoms with van der Waals surface area (Å²) in [5.41, 5.74) is 1.17. The minimum Gasteiger partial charge on any atom is -0.468 e. The monoisotopic (exact) mass is 308 g/mol. The molecule has 6 nitrogen and oxygen atoms in total. The van der Waals surface area contributed by atoms with E-state index in [2.05, 4.69) is 11.3 Å². The Morgan fingerprint density at radius 2 is 1.64 bits per heavy atom. The van der Waals surface area contributed by atoms with E-state index in [1.165, 1.54) is 29.5 Å². The Labute approximate surface area is 132 Å². The Bertz CT molecular complexity index is 433. The number of esters is 1. The molecule has 0 aliphatic heterocycles. The highest BCUT2D eigenvalue weighted by Crippen LogP contribution is 1.97. The van der Waals surface area contributed by atoms with Crippen LogP contribution in [0.2, 0.25) is 0 Å². The summed E-state index contributed by atoms with van der Waals surface area (Å²) < 4.78 is 4.28. The maximum absolute atomic E-state index is 10.4. The van der Waals surface area contributed by atoms with Crippen molar-refractivity contribution in [3.05, 3.63) is 42.5 Å². The van der Waals surface area contributed by atoms with Crippen LogP contribution in [0.25, 0.3) is 6.08 Å². The molecule has 0 aromatic heterocycles. The highest BCUT2D eigenvalue weighted by Gasteiger charge is 2.01. The van der Waals surface area contributed by atoms with Crippen molar-refractivity contribution in [1.29, 1.82) is 0 Å². The van der Waals surface area contributed by atoms with Crippen LogP contribution in [0.3, 0.4) is 0 Å². The van der Waals surface area contributed by atoms with Crippen LogP contribution < -0.4 is 0 Å². The summed E-state index contributed by atoms with van der Waals surface area (Å²) in [5, 5.41) is 0. The lowest BCUT2D eigenvalue weighted by Gasteiger charge is -2.06. The van der Waals surface area contributed by atoms with Crippen molar-refractivity contribution in [3.8, 4) is 0 Å². The van der Waals surface area contributed by atoms with E-state index in [-0.39, 0.29) is 6.54 Å². The maximum Gasteiger partial charge on any atom is 0.325 e. The summed E-state index contributed by atoms with van der Waals surface area (Å²) in [5.74, 6) is -0.412. The van der Waals surface area contributed by atoms with E-state index in [0.717, 1.165) is 6.41 Å². The fraction of sp³-hybridized carbons (Fsp3) is 0.312. The van der Waals surface area contributed by atoms with Crippen LogP contribution in [0.4, 0.5) is 0 Å². The van der Waals surface area contributed by atoms with Crippen LogP contribution >= 0.6 is 0 Å². The van der Waals surface area contributed by atoms with Gasteiger partial charge in [-0.25, -0.2) is 0 Å². The molecule has 0 radical (unpaired) electrons. The number of ether oxygens (including phenoxy) is 1. The van der Waals surface area contributed by atoms with E-state index in [1.54, 1.807) is 14.1 Å². The Morgan fingerprint density at radius 3 is 1.91 bits per heavy atom. The average Bonchev–Trinajstić information content (AvgIpc) is 2.56. The third kappa shape index (κ3) is 15.4. The fourth-order valence-electron chi connectivity index (χ4n) is 0.895. The first-order valence-corrected chi connectivity index (χ1v) is 6.42. The number of hydrogen-bond donors (Lipinski definition) is 0. The van der Waals surface area contributed by atoms with Crippen molar-refractivity contribution >= 4 is 24.9 Å². The van der Waals surface area contributed by atoms with Crippen molar-refractivity contribution < 1.29 is 19.1 Å². The Morgan fingerprint density at radius 1 is 1.14 bits per heavy atom. The van der Waals surface area contributed by atoms with Gasteiger partial charge in [-0.2, -0.15) is 0 Å². The van der Waals surface area contributed by atoms with Gasteiger partial charge in [0.25, 0.3) is 0 Å². The molecular weight excluding hydrogens is 284 g/mol. The van der Waals surface area contributed by atoms with Gasteiger partial charge < -0.3 is 14.5 Å². The highest BCUT2D eigenvalue weighted by molar-refractivity contribution is 5.73. The van der Waals surface area contributed by atoms with Crippen LogP contribution in [0.5, 0.6) is 0 Å². The third-order valence-corrected chi connectivity index (χ3v) is 2.03. The number of benzene rings is 1. The second kappa shape index (κ2) is 14.8. The molecule has 0 bridgehead atoms. The smallest absolute Gasteiger partial charge is 0.325 e. The normalized spacial score (nSPS) is 8.00. The first kappa shape index (κ1) is 21.7. The fourth-order valence-corrected chi connectivity index (χ4v) is 0.895. The molecule has 1 rings (SSSR count). The number of rotatable bonds is 5. The number of methoxy groups -OCH3 is 1. The molecule has 0 saturated heterocycles. The van der Waals surface area contributed by atoms with Crippen LogP contribution in [-0.2, 0) is 19.1 Å². The second-order valence-electron chi connectivity index (χ2n) is 4.28. The van der Waals surface area contributed by atoms with E-state index in [0.29, 0.717) is 6.41 Å². The standard InChI is InChI=1S/C8H8.C5H9NO3.C3H7NO/c1-2-8-6-4-3-5-7-8;1-6(4-7)3-5(8)9-2;1-4(2)3-5/h2-7H,1H2;4H,3H2,1-2H3;3H,1-2H3. The van der Waals surface area contributed by atoms with E-state index < -0.39 is 5.97 Å². The third-order valence-electron chi connectivity index (χ3n) is 2.03. The number of carbonyl (C=O) groups is 3. The summed E-state index contributed by atoms with van der Waals surface area (Å²) in [6, 6.07) is 10.0. The van der Waals surface area contributed by atoms with Crippen molar-refractivity contribution in [1.82, 2.24) is 9.80 Å². The molecule has 0 N–H and O–H groups in total. The predicted molar refractivity (Wildman–Crippen MR) is 87.0 cm³/mol. The van der Waals surface area contributed by atoms with Crippen LogP contribution in [0.1, 0.15) is 5.56 Å². The van der Waals surface area contributed by atoms with Gasteiger partial charge in [0, 0.05) is 21.1 Å². The van der Waals surface area contributed by atoms with Gasteiger partial charge in [-0.3, -0.25) is 14.4 Å². The minimum absolute atomic E-state index is 0.0139. The van der Waals surface area contributed by atoms with Crippen LogP contribution in [-0.4, -0.2) is 63.4 Å². The lowest BCUT2D eigenvalue weighted by atomic mass is 10.2. The molecular formula is C16H24N2O4. The number of amides is 2. The molecule has 0 saturated carbocycles. The number of carbonyl (C=O) groups excluding carboxylic acids is 3. The molecule has 0 aliphatic rings. The zero-order chi connectivity index (χ0) is 17.4. The molecule has 1 aromatic rings. The molecule has 0 unspecified atom stereocenters. The van der Waals surface area contributed by atoms with Gasteiger partial charge in [-0.1, -0.05) is 43.0 Å². The summed E-state index contributed by atoms with van der Waals surface area (Å²) in [4.78, 5) is 32.3. The van der Waals surface area contributed by atoms with Gasteiger partial charge in [0.05, 0.1) is 7.11 Å². The van der Waals surface area contributed by atoms with E-state index >= 15 is 0 Å². The molecule has 6 heteroatoms. The van der Waals surface area contributed by atoms with Crippen molar-refractivity contribution in [2.24, 2.45) is 0 Å². The average molecular weight is 308 g/mol. The molecule has 0 fully saturated rings. The van der Waals surface area contributed by atoms with Crippen molar-refractivity contribution in [2.45, 2.75) is 0 Å². The second-order valence-corrected chi connectivity index (χ2v) is 4.28. The molecule has 0 aliphatic carbocycles. The Kier molecular flexibility index (Phi) is 14.5. The molecule has 2 amide bonds. The topological polar surface area (TPSA) is 66.9 Å². The van der Waals surface area contributed by atoms with Crippen molar-refractivity contribution in [2.75, 3.05) is 34.8 Å². The zero-order valence-corrected chi connectivity index (χ0v) is 13.6. The van der Waals surface area contributed by atoms with Gasteiger partial charge in [-0.15, -0.1) is 0 Å².